The van der Waals surface area contributed by atoms with Crippen molar-refractivity contribution in [2.45, 2.75) is 58.4 Å². The summed E-state index contributed by atoms with van der Waals surface area (Å²) in [6.07, 6.45) is 6.83. The molecular weight excluding hydrogens is 248 g/mol. The highest BCUT2D eigenvalue weighted by Crippen LogP contribution is 2.35. The standard InChI is InChI=1S/C14H26N2O.ClH/c1-14(2)7-4-3-5-12(14)16-13(17)9-11-6-8-15-10-11;/h11-12,15H,3-10H2,1-2H3,(H,16,17);1H. The fourth-order valence-electron chi connectivity index (χ4n) is 3.17. The van der Waals surface area contributed by atoms with Crippen molar-refractivity contribution in [2.75, 3.05) is 13.1 Å². The topological polar surface area (TPSA) is 41.1 Å². The van der Waals surface area contributed by atoms with Crippen LogP contribution in [0.15, 0.2) is 0 Å². The van der Waals surface area contributed by atoms with Gasteiger partial charge >= 0.3 is 0 Å². The molecule has 0 aromatic carbocycles. The summed E-state index contributed by atoms with van der Waals surface area (Å²) in [5.74, 6) is 0.820. The van der Waals surface area contributed by atoms with Crippen LogP contribution < -0.4 is 10.6 Å². The molecule has 0 radical (unpaired) electrons. The van der Waals surface area contributed by atoms with E-state index >= 15 is 0 Å². The van der Waals surface area contributed by atoms with Gasteiger partial charge in [0.2, 0.25) is 5.91 Å². The van der Waals surface area contributed by atoms with Gasteiger partial charge in [-0.1, -0.05) is 26.7 Å². The van der Waals surface area contributed by atoms with Crippen molar-refractivity contribution >= 4 is 18.3 Å². The lowest BCUT2D eigenvalue weighted by Crippen LogP contribution is -2.47. The number of carbonyl (C=O) groups is 1. The average molecular weight is 275 g/mol. The number of hydrogen-bond acceptors (Lipinski definition) is 2. The highest BCUT2D eigenvalue weighted by Gasteiger charge is 2.33. The quantitative estimate of drug-likeness (QED) is 0.830. The molecule has 2 atom stereocenters. The first-order chi connectivity index (χ1) is 8.08. The molecule has 1 heterocycles. The summed E-state index contributed by atoms with van der Waals surface area (Å²) in [7, 11) is 0. The van der Waals surface area contributed by atoms with Crippen molar-refractivity contribution in [3.63, 3.8) is 0 Å². The van der Waals surface area contributed by atoms with Crippen LogP contribution in [0.25, 0.3) is 0 Å². The van der Waals surface area contributed by atoms with E-state index in [0.717, 1.165) is 25.9 Å². The maximum Gasteiger partial charge on any atom is 0.220 e. The first-order valence-corrected chi connectivity index (χ1v) is 7.08. The first-order valence-electron chi connectivity index (χ1n) is 7.08. The van der Waals surface area contributed by atoms with Gasteiger partial charge in [0, 0.05) is 12.5 Å². The lowest BCUT2D eigenvalue weighted by atomic mass is 9.73. The summed E-state index contributed by atoms with van der Waals surface area (Å²) in [5, 5.41) is 6.59. The number of rotatable bonds is 3. The Morgan fingerprint density at radius 3 is 2.72 bits per heavy atom. The van der Waals surface area contributed by atoms with Gasteiger partial charge in [0.25, 0.3) is 0 Å². The Morgan fingerprint density at radius 1 is 1.33 bits per heavy atom. The first kappa shape index (κ1) is 15.8. The van der Waals surface area contributed by atoms with Crippen LogP contribution in [0.3, 0.4) is 0 Å². The maximum atomic E-state index is 12.0. The second-order valence-corrected chi connectivity index (χ2v) is 6.42. The fourth-order valence-corrected chi connectivity index (χ4v) is 3.17. The minimum Gasteiger partial charge on any atom is -0.353 e. The lowest BCUT2D eigenvalue weighted by Gasteiger charge is -2.39. The monoisotopic (exact) mass is 274 g/mol. The SMILES string of the molecule is CC1(C)CCCCC1NC(=O)CC1CCNC1.Cl. The minimum absolute atomic E-state index is 0. The van der Waals surface area contributed by atoms with Crippen LogP contribution in [0.2, 0.25) is 0 Å². The summed E-state index contributed by atoms with van der Waals surface area (Å²) in [5.41, 5.74) is 0.280. The second-order valence-electron chi connectivity index (χ2n) is 6.42. The zero-order valence-corrected chi connectivity index (χ0v) is 12.4. The smallest absolute Gasteiger partial charge is 0.220 e. The predicted molar refractivity (Wildman–Crippen MR) is 77.0 cm³/mol. The van der Waals surface area contributed by atoms with E-state index in [1.54, 1.807) is 0 Å². The Morgan fingerprint density at radius 2 is 2.11 bits per heavy atom. The largest absolute Gasteiger partial charge is 0.353 e. The van der Waals surface area contributed by atoms with Crippen LogP contribution in [0, 0.1) is 11.3 Å². The van der Waals surface area contributed by atoms with Gasteiger partial charge in [-0.3, -0.25) is 4.79 Å². The summed E-state index contributed by atoms with van der Waals surface area (Å²) in [6, 6.07) is 0.387. The third-order valence-corrected chi connectivity index (χ3v) is 4.48. The second kappa shape index (κ2) is 6.76. The summed E-state index contributed by atoms with van der Waals surface area (Å²) >= 11 is 0. The van der Waals surface area contributed by atoms with Crippen LogP contribution in [-0.4, -0.2) is 25.0 Å². The molecule has 4 heteroatoms. The zero-order chi connectivity index (χ0) is 12.3. The molecule has 2 unspecified atom stereocenters. The molecule has 1 aliphatic carbocycles. The summed E-state index contributed by atoms with van der Waals surface area (Å²) in [4.78, 5) is 12.0. The molecule has 1 amide bonds. The third-order valence-electron chi connectivity index (χ3n) is 4.48. The fraction of sp³-hybridized carbons (Fsp3) is 0.929. The van der Waals surface area contributed by atoms with E-state index in [0.29, 0.717) is 18.4 Å². The van der Waals surface area contributed by atoms with E-state index < -0.39 is 0 Å². The van der Waals surface area contributed by atoms with Crippen LogP contribution in [0.4, 0.5) is 0 Å². The molecule has 1 saturated heterocycles. The molecule has 3 nitrogen and oxygen atoms in total. The highest BCUT2D eigenvalue weighted by atomic mass is 35.5. The Balaban J connectivity index is 0.00000162. The maximum absolute atomic E-state index is 12.0. The molecule has 0 aromatic heterocycles. The van der Waals surface area contributed by atoms with Gasteiger partial charge in [0.05, 0.1) is 0 Å². The van der Waals surface area contributed by atoms with E-state index in [9.17, 15) is 4.79 Å². The molecule has 0 spiro atoms. The Kier molecular flexibility index (Phi) is 5.93. The van der Waals surface area contributed by atoms with Gasteiger partial charge in [0.1, 0.15) is 0 Å². The summed E-state index contributed by atoms with van der Waals surface area (Å²) < 4.78 is 0. The number of halogens is 1. The van der Waals surface area contributed by atoms with Gasteiger partial charge < -0.3 is 10.6 Å². The number of hydrogen-bond donors (Lipinski definition) is 2. The zero-order valence-electron chi connectivity index (χ0n) is 11.6. The van der Waals surface area contributed by atoms with E-state index in [-0.39, 0.29) is 23.7 Å². The molecule has 106 valence electrons. The van der Waals surface area contributed by atoms with Crippen molar-refractivity contribution in [1.82, 2.24) is 10.6 Å². The number of nitrogens with one attached hydrogen (secondary N) is 2. The molecule has 2 fully saturated rings. The van der Waals surface area contributed by atoms with Crippen molar-refractivity contribution in [3.05, 3.63) is 0 Å². The Hall–Kier alpha value is -0.280. The van der Waals surface area contributed by atoms with E-state index in [1.165, 1.54) is 19.3 Å². The Labute approximate surface area is 117 Å². The van der Waals surface area contributed by atoms with Gasteiger partial charge in [-0.15, -0.1) is 12.4 Å². The van der Waals surface area contributed by atoms with Crippen LogP contribution in [-0.2, 0) is 4.79 Å². The summed E-state index contributed by atoms with van der Waals surface area (Å²) in [6.45, 7) is 6.66. The van der Waals surface area contributed by atoms with Gasteiger partial charge in [-0.2, -0.15) is 0 Å². The van der Waals surface area contributed by atoms with E-state index in [1.807, 2.05) is 0 Å². The third kappa shape index (κ3) is 4.13. The van der Waals surface area contributed by atoms with Gasteiger partial charge in [0.15, 0.2) is 0 Å². The number of amides is 1. The number of carbonyl (C=O) groups excluding carboxylic acids is 1. The van der Waals surface area contributed by atoms with Gasteiger partial charge in [-0.05, 0) is 43.7 Å². The molecule has 0 bridgehead atoms. The molecule has 1 aliphatic heterocycles. The lowest BCUT2D eigenvalue weighted by molar-refractivity contribution is -0.123. The van der Waals surface area contributed by atoms with Crippen molar-refractivity contribution in [1.29, 1.82) is 0 Å². The predicted octanol–water partition coefficient (Wildman–Crippen LogP) is 2.49. The molecule has 2 rings (SSSR count). The van der Waals surface area contributed by atoms with E-state index in [4.69, 9.17) is 0 Å². The van der Waals surface area contributed by atoms with E-state index in [2.05, 4.69) is 24.5 Å². The molecule has 1 saturated carbocycles. The normalized spacial score (nSPS) is 30.6. The molecule has 2 aliphatic rings. The van der Waals surface area contributed by atoms with Crippen molar-refractivity contribution in [2.24, 2.45) is 11.3 Å². The molecule has 18 heavy (non-hydrogen) atoms. The molecule has 0 aromatic rings. The van der Waals surface area contributed by atoms with Crippen molar-refractivity contribution < 1.29 is 4.79 Å². The molecule has 2 N–H and O–H groups in total. The Bertz CT molecular complexity index is 275. The minimum atomic E-state index is 0. The average Bonchev–Trinajstić information content (AvgIpc) is 2.73. The van der Waals surface area contributed by atoms with Crippen molar-refractivity contribution in [3.8, 4) is 0 Å². The van der Waals surface area contributed by atoms with Crippen LogP contribution in [0.5, 0.6) is 0 Å². The van der Waals surface area contributed by atoms with Crippen LogP contribution in [0.1, 0.15) is 52.4 Å². The molecular formula is C14H27ClN2O. The highest BCUT2D eigenvalue weighted by molar-refractivity contribution is 5.85. The van der Waals surface area contributed by atoms with Gasteiger partial charge in [-0.25, -0.2) is 0 Å². The van der Waals surface area contributed by atoms with Crippen LogP contribution >= 0.6 is 12.4 Å².